The quantitative estimate of drug-likeness (QED) is 0.668. The van der Waals surface area contributed by atoms with Gasteiger partial charge in [-0.1, -0.05) is 19.1 Å². The van der Waals surface area contributed by atoms with Crippen molar-refractivity contribution in [2.24, 2.45) is 16.8 Å². The van der Waals surface area contributed by atoms with Crippen LogP contribution in [0, 0.1) is 5.92 Å². The van der Waals surface area contributed by atoms with Gasteiger partial charge < -0.3 is 11.1 Å². The summed E-state index contributed by atoms with van der Waals surface area (Å²) >= 11 is 0. The predicted octanol–water partition coefficient (Wildman–Crippen LogP) is 1.18. The summed E-state index contributed by atoms with van der Waals surface area (Å²) in [5, 5.41) is 7.75. The maximum Gasteiger partial charge on any atom is 0.224 e. The Balaban J connectivity index is 2.46. The van der Waals surface area contributed by atoms with Gasteiger partial charge in [0.1, 0.15) is 0 Å². The highest BCUT2D eigenvalue weighted by atomic mass is 32.2. The lowest BCUT2D eigenvalue weighted by molar-refractivity contribution is -0.116. The first kappa shape index (κ1) is 17.6. The Labute approximate surface area is 126 Å². The van der Waals surface area contributed by atoms with Crippen LogP contribution in [-0.2, 0) is 20.6 Å². The number of sulfonamides is 1. The Kier molecular flexibility index (Phi) is 6.80. The van der Waals surface area contributed by atoms with Crippen molar-refractivity contribution in [1.82, 2.24) is 0 Å². The van der Waals surface area contributed by atoms with E-state index in [0.29, 0.717) is 30.1 Å². The first-order valence-corrected chi connectivity index (χ1v) is 8.61. The lowest BCUT2D eigenvalue weighted by Gasteiger charge is -2.10. The third kappa shape index (κ3) is 7.79. The first-order chi connectivity index (χ1) is 9.80. The van der Waals surface area contributed by atoms with E-state index in [2.05, 4.69) is 12.2 Å². The van der Waals surface area contributed by atoms with Crippen molar-refractivity contribution in [3.63, 3.8) is 0 Å². The summed E-state index contributed by atoms with van der Waals surface area (Å²) in [6, 6.07) is 6.61. The minimum atomic E-state index is -3.53. The van der Waals surface area contributed by atoms with Crippen molar-refractivity contribution in [3.8, 4) is 0 Å². The van der Waals surface area contributed by atoms with E-state index in [-0.39, 0.29) is 11.7 Å². The number of hydrogen-bond acceptors (Lipinski definition) is 4. The number of benzene rings is 1. The Morgan fingerprint density at radius 1 is 1.24 bits per heavy atom. The second kappa shape index (κ2) is 8.11. The maximum atomic E-state index is 11.8. The second-order valence-electron chi connectivity index (χ2n) is 5.27. The van der Waals surface area contributed by atoms with E-state index in [4.69, 9.17) is 10.9 Å². The largest absolute Gasteiger partial charge is 0.330 e. The molecule has 1 unspecified atom stereocenters. The van der Waals surface area contributed by atoms with Gasteiger partial charge in [0, 0.05) is 12.1 Å². The third-order valence-electron chi connectivity index (χ3n) is 3.13. The van der Waals surface area contributed by atoms with Crippen LogP contribution in [0.15, 0.2) is 24.3 Å². The van der Waals surface area contributed by atoms with Crippen LogP contribution in [0.25, 0.3) is 0 Å². The van der Waals surface area contributed by atoms with Gasteiger partial charge in [-0.2, -0.15) is 0 Å². The van der Waals surface area contributed by atoms with Crippen LogP contribution >= 0.6 is 0 Å². The zero-order valence-electron chi connectivity index (χ0n) is 12.2. The number of rotatable bonds is 8. The predicted molar refractivity (Wildman–Crippen MR) is 84.0 cm³/mol. The van der Waals surface area contributed by atoms with Crippen molar-refractivity contribution in [1.29, 1.82) is 0 Å². The van der Waals surface area contributed by atoms with Gasteiger partial charge in [0.2, 0.25) is 15.9 Å². The average Bonchev–Trinajstić information content (AvgIpc) is 2.37. The minimum absolute atomic E-state index is 0.0573. The molecule has 1 aromatic carbocycles. The van der Waals surface area contributed by atoms with Crippen LogP contribution in [-0.4, -0.2) is 20.9 Å². The molecule has 7 heteroatoms. The number of anilines is 1. The highest BCUT2D eigenvalue weighted by Gasteiger charge is 2.08. The fourth-order valence-electron chi connectivity index (χ4n) is 1.95. The summed E-state index contributed by atoms with van der Waals surface area (Å²) in [5.41, 5.74) is 6.70. The molecule has 0 heterocycles. The molecule has 0 radical (unpaired) electrons. The van der Waals surface area contributed by atoms with Crippen molar-refractivity contribution >= 4 is 21.6 Å². The van der Waals surface area contributed by atoms with Crippen molar-refractivity contribution in [2.75, 3.05) is 11.9 Å². The molecule has 1 amide bonds. The van der Waals surface area contributed by atoms with E-state index >= 15 is 0 Å². The number of amides is 1. The molecule has 0 spiro atoms. The molecule has 0 aliphatic carbocycles. The molecule has 1 rings (SSSR count). The van der Waals surface area contributed by atoms with Gasteiger partial charge in [-0.25, -0.2) is 13.6 Å². The zero-order valence-corrected chi connectivity index (χ0v) is 13.0. The first-order valence-electron chi connectivity index (χ1n) is 6.89. The number of hydrogen-bond donors (Lipinski definition) is 3. The fraction of sp³-hybridized carbons (Fsp3) is 0.500. The lowest BCUT2D eigenvalue weighted by atomic mass is 10.0. The average molecular weight is 313 g/mol. The van der Waals surface area contributed by atoms with Gasteiger partial charge in [0.05, 0.1) is 5.75 Å². The summed E-state index contributed by atoms with van der Waals surface area (Å²) in [4.78, 5) is 11.8. The van der Waals surface area contributed by atoms with Crippen molar-refractivity contribution in [3.05, 3.63) is 29.8 Å². The van der Waals surface area contributed by atoms with Crippen LogP contribution in [0.4, 0.5) is 5.69 Å². The smallest absolute Gasteiger partial charge is 0.224 e. The van der Waals surface area contributed by atoms with E-state index in [1.54, 1.807) is 24.3 Å². The second-order valence-corrected chi connectivity index (χ2v) is 6.89. The number of carbonyl (C=O) groups is 1. The number of nitrogens with one attached hydrogen (secondary N) is 1. The van der Waals surface area contributed by atoms with Gasteiger partial charge in [0.25, 0.3) is 0 Å². The number of carbonyl (C=O) groups excluding carboxylic acids is 1. The Morgan fingerprint density at radius 2 is 1.86 bits per heavy atom. The molecule has 0 aliphatic rings. The number of primary sulfonamides is 1. The standard InChI is InChI=1S/C14H23N3O3S/c1-11(8-9-15)2-7-14(18)17-13-5-3-12(4-6-13)10-21(16,19)20/h3-6,11H,2,7-10,15H2,1H3,(H,17,18)(H2,16,19,20). The highest BCUT2D eigenvalue weighted by Crippen LogP contribution is 2.13. The van der Waals surface area contributed by atoms with Crippen LogP contribution in [0.1, 0.15) is 31.7 Å². The summed E-state index contributed by atoms with van der Waals surface area (Å²) in [5.74, 6) is 0.161. The number of nitrogens with two attached hydrogens (primary N) is 2. The van der Waals surface area contributed by atoms with Crippen molar-refractivity contribution in [2.45, 2.75) is 31.9 Å². The molecule has 0 aliphatic heterocycles. The third-order valence-corrected chi connectivity index (χ3v) is 3.86. The van der Waals surface area contributed by atoms with Gasteiger partial charge in [0.15, 0.2) is 0 Å². The van der Waals surface area contributed by atoms with E-state index in [9.17, 15) is 13.2 Å². The van der Waals surface area contributed by atoms with Crippen LogP contribution in [0.2, 0.25) is 0 Å². The molecule has 0 fully saturated rings. The minimum Gasteiger partial charge on any atom is -0.330 e. The maximum absolute atomic E-state index is 11.8. The van der Waals surface area contributed by atoms with Crippen molar-refractivity contribution < 1.29 is 13.2 Å². The Hall–Kier alpha value is -1.44. The molecule has 1 aromatic rings. The molecule has 0 bridgehead atoms. The van der Waals surface area contributed by atoms with Gasteiger partial charge in [-0.3, -0.25) is 4.79 Å². The van der Waals surface area contributed by atoms with E-state index < -0.39 is 10.0 Å². The highest BCUT2D eigenvalue weighted by molar-refractivity contribution is 7.88. The molecule has 5 N–H and O–H groups in total. The topological polar surface area (TPSA) is 115 Å². The summed E-state index contributed by atoms with van der Waals surface area (Å²) in [6.45, 7) is 2.70. The molecule has 0 saturated heterocycles. The summed E-state index contributed by atoms with van der Waals surface area (Å²) in [7, 11) is -3.53. The van der Waals surface area contributed by atoms with Gasteiger partial charge >= 0.3 is 0 Å². The summed E-state index contributed by atoms with van der Waals surface area (Å²) in [6.07, 6.45) is 2.15. The Bertz CT molecular complexity index is 555. The molecular formula is C14H23N3O3S. The zero-order chi connectivity index (χ0) is 15.9. The van der Waals surface area contributed by atoms with E-state index in [0.717, 1.165) is 12.8 Å². The van der Waals surface area contributed by atoms with E-state index in [1.807, 2.05) is 0 Å². The van der Waals surface area contributed by atoms with Crippen LogP contribution in [0.3, 0.4) is 0 Å². The lowest BCUT2D eigenvalue weighted by Crippen LogP contribution is -2.15. The molecule has 1 atom stereocenters. The molecule has 21 heavy (non-hydrogen) atoms. The normalized spacial score (nSPS) is 12.9. The fourth-order valence-corrected chi connectivity index (χ4v) is 2.60. The van der Waals surface area contributed by atoms with Gasteiger partial charge in [-0.15, -0.1) is 0 Å². The van der Waals surface area contributed by atoms with Gasteiger partial charge in [-0.05, 0) is 43.0 Å². The Morgan fingerprint density at radius 3 is 2.38 bits per heavy atom. The molecular weight excluding hydrogens is 290 g/mol. The summed E-state index contributed by atoms with van der Waals surface area (Å²) < 4.78 is 21.9. The molecule has 0 saturated carbocycles. The molecule has 118 valence electrons. The molecule has 0 aromatic heterocycles. The SMILES string of the molecule is CC(CCN)CCC(=O)Nc1ccc(CS(N)(=O)=O)cc1. The van der Waals surface area contributed by atoms with Crippen LogP contribution in [0.5, 0.6) is 0 Å². The molecule has 6 nitrogen and oxygen atoms in total. The van der Waals surface area contributed by atoms with E-state index in [1.165, 1.54) is 0 Å². The van der Waals surface area contributed by atoms with Crippen LogP contribution < -0.4 is 16.2 Å². The monoisotopic (exact) mass is 313 g/mol.